The van der Waals surface area contributed by atoms with Crippen LogP contribution in [0.15, 0.2) is 24.3 Å². The summed E-state index contributed by atoms with van der Waals surface area (Å²) < 4.78 is 0. The maximum atomic E-state index is 3.76. The summed E-state index contributed by atoms with van der Waals surface area (Å²) in [6, 6.07) is 0. The van der Waals surface area contributed by atoms with E-state index >= 15 is 0 Å². The van der Waals surface area contributed by atoms with Gasteiger partial charge in [-0.05, 0) is 0 Å². The molecule has 0 aromatic carbocycles. The Morgan fingerprint density at radius 1 is 1.00 bits per heavy atom. The molecule has 2 heteroatoms. The van der Waals surface area contributed by atoms with Crippen LogP contribution in [0.4, 0.5) is 0 Å². The molecule has 13 heavy (non-hydrogen) atoms. The Labute approximate surface area is 101 Å². The molecule has 0 nitrogen and oxygen atoms in total. The zero-order valence-corrected chi connectivity index (χ0v) is 12.7. The topological polar surface area (TPSA) is 0 Å². The molecule has 0 aromatic rings. The Bertz CT molecular complexity index is 113. The summed E-state index contributed by atoms with van der Waals surface area (Å²) in [5.41, 5.74) is 0. The molecule has 0 unspecified atom stereocenters. The average molecular weight is 377 g/mol. The van der Waals surface area contributed by atoms with Crippen molar-refractivity contribution in [1.82, 2.24) is 0 Å². The van der Waals surface area contributed by atoms with E-state index in [0.717, 1.165) is 0 Å². The van der Waals surface area contributed by atoms with Gasteiger partial charge in [0.25, 0.3) is 0 Å². The number of allylic oxidation sites excluding steroid dienone is 4. The molecule has 0 N–H and O–H groups in total. The number of hydrogen-bond acceptors (Lipinski definition) is 0. The predicted molar refractivity (Wildman–Crippen MR) is 63.3 cm³/mol. The third-order valence-corrected chi connectivity index (χ3v) is 0.828. The van der Waals surface area contributed by atoms with Gasteiger partial charge in [0, 0.05) is 29.9 Å². The van der Waals surface area contributed by atoms with E-state index in [-0.39, 0.29) is 44.7 Å². The number of hydrogen-bond donors (Lipinski definition) is 0. The van der Waals surface area contributed by atoms with E-state index in [1.165, 1.54) is 0 Å². The summed E-state index contributed by atoms with van der Waals surface area (Å²) in [7, 11) is 0.120. The van der Waals surface area contributed by atoms with Crippen LogP contribution in [0.3, 0.4) is 0 Å². The van der Waals surface area contributed by atoms with Gasteiger partial charge in [0.15, 0.2) is 0 Å². The van der Waals surface area contributed by atoms with E-state index in [1.54, 1.807) is 0 Å². The first kappa shape index (κ1) is 23.3. The van der Waals surface area contributed by atoms with Crippen molar-refractivity contribution in [3.8, 4) is 0 Å². The van der Waals surface area contributed by atoms with E-state index in [0.29, 0.717) is 5.92 Å². The van der Waals surface area contributed by atoms with Gasteiger partial charge in [-0.15, -0.1) is 18.1 Å². The van der Waals surface area contributed by atoms with Crippen molar-refractivity contribution < 1.29 is 21.1 Å². The molecule has 0 saturated heterocycles. The Hall–Kier alpha value is 0.385. The standard InChI is InChI=1S/C6H7.C3H9Si.2CH3.Pt/c1-6-4-2-3-5-6;1-4(2)3;;;/h2-6H,1H2;1-3H3;2*1H3;/q-1;;2*-1;. The molecule has 83 valence electrons. The third kappa shape index (κ3) is 24.5. The molecular weight excluding hydrogens is 355 g/mol. The van der Waals surface area contributed by atoms with Gasteiger partial charge < -0.3 is 21.8 Å². The van der Waals surface area contributed by atoms with Crippen LogP contribution in [-0.2, 0) is 21.1 Å². The first-order valence-corrected chi connectivity index (χ1v) is 6.57. The molecule has 0 atom stereocenters. The molecule has 0 saturated carbocycles. The fourth-order valence-corrected chi connectivity index (χ4v) is 0.478. The molecule has 0 amide bonds. The van der Waals surface area contributed by atoms with Crippen molar-refractivity contribution in [2.75, 3.05) is 0 Å². The first-order chi connectivity index (χ1) is 4.63. The van der Waals surface area contributed by atoms with Crippen LogP contribution in [0.1, 0.15) is 0 Å². The van der Waals surface area contributed by atoms with Gasteiger partial charge in [0.05, 0.1) is 0 Å². The Balaban J connectivity index is -0.0000000536. The fourth-order valence-electron chi connectivity index (χ4n) is 0.478. The van der Waals surface area contributed by atoms with Crippen LogP contribution in [0.2, 0.25) is 19.6 Å². The van der Waals surface area contributed by atoms with Crippen LogP contribution in [0.25, 0.3) is 0 Å². The molecule has 0 bridgehead atoms. The minimum absolute atomic E-state index is 0. The van der Waals surface area contributed by atoms with Crippen molar-refractivity contribution in [3.63, 3.8) is 0 Å². The van der Waals surface area contributed by atoms with Crippen molar-refractivity contribution in [1.29, 1.82) is 0 Å². The maximum Gasteiger partial charge on any atom is 0.0379 e. The second-order valence-corrected chi connectivity index (χ2v) is 5.93. The molecule has 0 fully saturated rings. The van der Waals surface area contributed by atoms with Crippen LogP contribution in [-0.4, -0.2) is 8.80 Å². The third-order valence-electron chi connectivity index (χ3n) is 0.828. The van der Waals surface area contributed by atoms with Crippen LogP contribution in [0.5, 0.6) is 0 Å². The summed E-state index contributed by atoms with van der Waals surface area (Å²) in [6.07, 6.45) is 8.13. The second-order valence-electron chi connectivity index (χ2n) is 2.93. The first-order valence-electron chi connectivity index (χ1n) is 3.57. The van der Waals surface area contributed by atoms with Crippen molar-refractivity contribution in [2.45, 2.75) is 19.6 Å². The molecular formula is C11H22PtSi-3. The van der Waals surface area contributed by atoms with Crippen molar-refractivity contribution in [3.05, 3.63) is 46.1 Å². The molecule has 1 aliphatic rings. The van der Waals surface area contributed by atoms with Gasteiger partial charge in [-0.1, -0.05) is 31.8 Å². The van der Waals surface area contributed by atoms with E-state index in [9.17, 15) is 0 Å². The SMILES string of the molecule is C[Si](C)C.[CH2-]C1C=CC=C1.[CH3-].[CH3-].[Pt]. The van der Waals surface area contributed by atoms with E-state index in [1.807, 2.05) is 12.2 Å². The zero-order chi connectivity index (χ0) is 7.98. The van der Waals surface area contributed by atoms with E-state index in [4.69, 9.17) is 0 Å². The minimum atomic E-state index is 0. The fraction of sp³-hybridized carbons (Fsp3) is 0.364. The largest absolute Gasteiger partial charge is 0.358 e. The van der Waals surface area contributed by atoms with Gasteiger partial charge in [-0.2, -0.15) is 0 Å². The van der Waals surface area contributed by atoms with E-state index < -0.39 is 0 Å². The smallest absolute Gasteiger partial charge is 0.0379 e. The second kappa shape index (κ2) is 14.9. The van der Waals surface area contributed by atoms with Crippen molar-refractivity contribution >= 4 is 8.80 Å². The Kier molecular flexibility index (Phi) is 26.7. The molecule has 0 heterocycles. The Morgan fingerprint density at radius 3 is 1.31 bits per heavy atom. The quantitative estimate of drug-likeness (QED) is 0.445. The summed E-state index contributed by atoms with van der Waals surface area (Å²) in [6.45, 7) is 10.6. The Morgan fingerprint density at radius 2 is 1.23 bits per heavy atom. The minimum Gasteiger partial charge on any atom is -0.358 e. The molecule has 1 rings (SSSR count). The maximum absolute atomic E-state index is 3.76. The molecule has 0 aromatic heterocycles. The normalized spacial score (nSPS) is 12.1. The van der Waals surface area contributed by atoms with Crippen molar-refractivity contribution in [2.24, 2.45) is 5.92 Å². The predicted octanol–water partition coefficient (Wildman–Crippen LogP) is 3.83. The van der Waals surface area contributed by atoms with Gasteiger partial charge in [-0.3, -0.25) is 0 Å². The van der Waals surface area contributed by atoms with Crippen LogP contribution in [0, 0.1) is 27.7 Å². The zero-order valence-electron chi connectivity index (χ0n) is 9.41. The molecule has 0 spiro atoms. The van der Waals surface area contributed by atoms with Gasteiger partial charge in [-0.25, -0.2) is 0 Å². The van der Waals surface area contributed by atoms with Gasteiger partial charge >= 0.3 is 0 Å². The molecule has 1 radical (unpaired) electrons. The average Bonchev–Trinajstić information content (AvgIpc) is 2.15. The summed E-state index contributed by atoms with van der Waals surface area (Å²) in [4.78, 5) is 0. The monoisotopic (exact) mass is 377 g/mol. The summed E-state index contributed by atoms with van der Waals surface area (Å²) in [5.74, 6) is 0.435. The van der Waals surface area contributed by atoms with E-state index in [2.05, 4.69) is 38.7 Å². The molecule has 1 aliphatic carbocycles. The number of rotatable bonds is 0. The molecule has 0 aliphatic heterocycles. The van der Waals surface area contributed by atoms with Crippen LogP contribution >= 0.6 is 0 Å². The van der Waals surface area contributed by atoms with Crippen LogP contribution < -0.4 is 0 Å². The summed E-state index contributed by atoms with van der Waals surface area (Å²) in [5, 5.41) is 0. The summed E-state index contributed by atoms with van der Waals surface area (Å²) >= 11 is 0. The van der Waals surface area contributed by atoms with Gasteiger partial charge in [0.1, 0.15) is 0 Å². The van der Waals surface area contributed by atoms with Gasteiger partial charge in [0.2, 0.25) is 0 Å².